The van der Waals surface area contributed by atoms with Crippen LogP contribution in [-0.4, -0.2) is 4.98 Å². The Labute approximate surface area is 70.6 Å². The van der Waals surface area contributed by atoms with E-state index in [0.29, 0.717) is 4.70 Å². The minimum absolute atomic E-state index is 0.0479. The molecule has 12 heavy (non-hydrogen) atoms. The largest absolute Gasteiger partial charge is 0.399 e. The van der Waals surface area contributed by atoms with Gasteiger partial charge in [-0.25, -0.2) is 9.37 Å². The van der Waals surface area contributed by atoms with Gasteiger partial charge in [-0.15, -0.1) is 0 Å². The van der Waals surface area contributed by atoms with Crippen LogP contribution in [0.3, 0.4) is 0 Å². The highest BCUT2D eigenvalue weighted by molar-refractivity contribution is 7.17. The van der Waals surface area contributed by atoms with Crippen LogP contribution in [0, 0.1) is 11.1 Å². The number of hydrogen-bond acceptors (Lipinski definition) is 3. The first-order valence-electron chi connectivity index (χ1n) is 3.18. The van der Waals surface area contributed by atoms with E-state index >= 15 is 0 Å². The molecule has 0 bridgehead atoms. The van der Waals surface area contributed by atoms with Crippen molar-refractivity contribution in [3.63, 3.8) is 0 Å². The molecule has 0 fully saturated rings. The van der Waals surface area contributed by atoms with Crippen LogP contribution in [0.25, 0.3) is 10.2 Å². The highest BCUT2D eigenvalue weighted by atomic mass is 32.1. The van der Waals surface area contributed by atoms with E-state index in [0.717, 1.165) is 17.4 Å². The molecule has 62 valence electrons. The SMILES string of the molecule is Nc1cc(F)c2nc(F)sc2c1. The van der Waals surface area contributed by atoms with Crippen molar-refractivity contribution in [1.82, 2.24) is 4.98 Å². The molecule has 0 amide bonds. The second-order valence-corrected chi connectivity index (χ2v) is 3.30. The van der Waals surface area contributed by atoms with Gasteiger partial charge in [0.1, 0.15) is 5.52 Å². The van der Waals surface area contributed by atoms with Crippen molar-refractivity contribution in [1.29, 1.82) is 0 Å². The molecular weight excluding hydrogens is 182 g/mol. The van der Waals surface area contributed by atoms with Crippen LogP contribution in [0.2, 0.25) is 0 Å². The number of halogens is 2. The predicted molar refractivity (Wildman–Crippen MR) is 43.9 cm³/mol. The normalized spacial score (nSPS) is 10.8. The van der Waals surface area contributed by atoms with Gasteiger partial charge in [-0.05, 0) is 12.1 Å². The molecule has 0 unspecified atom stereocenters. The summed E-state index contributed by atoms with van der Waals surface area (Å²) < 4.78 is 25.9. The molecule has 0 spiro atoms. The Balaban J connectivity index is 2.88. The molecule has 1 heterocycles. The third-order valence-electron chi connectivity index (χ3n) is 1.44. The number of fused-ring (bicyclic) bond motifs is 1. The molecule has 1 aromatic heterocycles. The molecule has 2 N–H and O–H groups in total. The van der Waals surface area contributed by atoms with Crippen LogP contribution in [-0.2, 0) is 0 Å². The maximum absolute atomic E-state index is 13.0. The smallest absolute Gasteiger partial charge is 0.270 e. The molecular formula is C7H4F2N2S. The van der Waals surface area contributed by atoms with Crippen molar-refractivity contribution >= 4 is 27.2 Å². The summed E-state index contributed by atoms with van der Waals surface area (Å²) in [4.78, 5) is 3.38. The van der Waals surface area contributed by atoms with Crippen LogP contribution < -0.4 is 5.73 Å². The zero-order chi connectivity index (χ0) is 8.72. The van der Waals surface area contributed by atoms with E-state index < -0.39 is 11.1 Å². The first kappa shape index (κ1) is 7.42. The molecule has 1 aromatic carbocycles. The third kappa shape index (κ3) is 1.02. The first-order chi connectivity index (χ1) is 5.66. The van der Waals surface area contributed by atoms with Crippen molar-refractivity contribution in [2.75, 3.05) is 5.73 Å². The zero-order valence-corrected chi connectivity index (χ0v) is 6.66. The van der Waals surface area contributed by atoms with Crippen LogP contribution in [0.1, 0.15) is 0 Å². The summed E-state index contributed by atoms with van der Waals surface area (Å²) in [5, 5.41) is -0.644. The Morgan fingerprint density at radius 2 is 2.08 bits per heavy atom. The average Bonchev–Trinajstić information content (AvgIpc) is 2.29. The lowest BCUT2D eigenvalue weighted by Crippen LogP contribution is -1.86. The van der Waals surface area contributed by atoms with E-state index in [-0.39, 0.29) is 11.2 Å². The summed E-state index contributed by atoms with van der Waals surface area (Å²) in [6.07, 6.45) is 0. The summed E-state index contributed by atoms with van der Waals surface area (Å²) in [6.45, 7) is 0. The van der Waals surface area contributed by atoms with E-state index in [1.807, 2.05) is 0 Å². The van der Waals surface area contributed by atoms with Gasteiger partial charge < -0.3 is 5.73 Å². The predicted octanol–water partition coefficient (Wildman–Crippen LogP) is 2.16. The first-order valence-corrected chi connectivity index (χ1v) is 3.99. The van der Waals surface area contributed by atoms with Gasteiger partial charge in [0, 0.05) is 5.69 Å². The third-order valence-corrected chi connectivity index (χ3v) is 2.24. The second kappa shape index (κ2) is 2.38. The van der Waals surface area contributed by atoms with Crippen molar-refractivity contribution in [2.45, 2.75) is 0 Å². The van der Waals surface area contributed by atoms with E-state index in [9.17, 15) is 8.78 Å². The monoisotopic (exact) mass is 186 g/mol. The Morgan fingerprint density at radius 3 is 2.83 bits per heavy atom. The number of nitrogens with zero attached hydrogens (tertiary/aromatic N) is 1. The molecule has 0 aliphatic carbocycles. The van der Waals surface area contributed by atoms with Crippen molar-refractivity contribution < 1.29 is 8.78 Å². The highest BCUT2D eigenvalue weighted by Gasteiger charge is 2.08. The lowest BCUT2D eigenvalue weighted by Gasteiger charge is -1.92. The number of thiazole rings is 1. The van der Waals surface area contributed by atoms with Gasteiger partial charge >= 0.3 is 0 Å². The van der Waals surface area contributed by atoms with E-state index in [1.165, 1.54) is 6.07 Å². The molecule has 0 aliphatic heterocycles. The maximum Gasteiger partial charge on any atom is 0.270 e. The Bertz CT molecular complexity index is 438. The van der Waals surface area contributed by atoms with Gasteiger partial charge in [0.15, 0.2) is 5.82 Å². The summed E-state index contributed by atoms with van der Waals surface area (Å²) >= 11 is 0.783. The number of nitrogen functional groups attached to an aromatic ring is 1. The average molecular weight is 186 g/mol. The van der Waals surface area contributed by atoms with Crippen molar-refractivity contribution in [3.05, 3.63) is 23.2 Å². The summed E-state index contributed by atoms with van der Waals surface area (Å²) in [7, 11) is 0. The number of anilines is 1. The van der Waals surface area contributed by atoms with Crippen LogP contribution in [0.15, 0.2) is 12.1 Å². The van der Waals surface area contributed by atoms with E-state index in [1.54, 1.807) is 0 Å². The maximum atomic E-state index is 13.0. The summed E-state index contributed by atoms with van der Waals surface area (Å²) in [5.74, 6) is -0.579. The fourth-order valence-corrected chi connectivity index (χ4v) is 1.73. The number of hydrogen-bond donors (Lipinski definition) is 1. The van der Waals surface area contributed by atoms with Crippen molar-refractivity contribution in [3.8, 4) is 0 Å². The van der Waals surface area contributed by atoms with Crippen molar-refractivity contribution in [2.24, 2.45) is 0 Å². The molecule has 0 saturated carbocycles. The van der Waals surface area contributed by atoms with Gasteiger partial charge in [0.05, 0.1) is 4.70 Å². The molecule has 0 radical (unpaired) electrons. The topological polar surface area (TPSA) is 38.9 Å². The molecule has 5 heteroatoms. The molecule has 0 saturated heterocycles. The van der Waals surface area contributed by atoms with Crippen LogP contribution in [0.4, 0.5) is 14.5 Å². The molecule has 2 nitrogen and oxygen atoms in total. The minimum atomic E-state index is -0.644. The van der Waals surface area contributed by atoms with Crippen LogP contribution in [0.5, 0.6) is 0 Å². The number of rotatable bonds is 0. The number of nitrogens with two attached hydrogens (primary N) is 1. The fourth-order valence-electron chi connectivity index (χ4n) is 0.982. The van der Waals surface area contributed by atoms with E-state index in [2.05, 4.69) is 4.98 Å². The van der Waals surface area contributed by atoms with Gasteiger partial charge in [0.25, 0.3) is 5.26 Å². The highest BCUT2D eigenvalue weighted by Crippen LogP contribution is 2.25. The molecule has 0 aliphatic rings. The quantitative estimate of drug-likeness (QED) is 0.640. The Hall–Kier alpha value is -1.23. The minimum Gasteiger partial charge on any atom is -0.399 e. The standard InChI is InChI=1S/C7H4F2N2S/c8-4-1-3(10)2-5-6(4)11-7(9)12-5/h1-2H,10H2. The Kier molecular flexibility index (Phi) is 1.47. The van der Waals surface area contributed by atoms with Gasteiger partial charge in [-0.3, -0.25) is 0 Å². The second-order valence-electron chi connectivity index (χ2n) is 2.32. The lowest BCUT2D eigenvalue weighted by atomic mass is 10.3. The molecule has 2 rings (SSSR count). The van der Waals surface area contributed by atoms with Gasteiger partial charge in [-0.2, -0.15) is 4.39 Å². The van der Waals surface area contributed by atoms with Gasteiger partial charge in [-0.1, -0.05) is 11.3 Å². The number of aromatic nitrogens is 1. The Morgan fingerprint density at radius 1 is 1.33 bits per heavy atom. The lowest BCUT2D eigenvalue weighted by molar-refractivity contribution is 0.609. The fraction of sp³-hybridized carbons (Fsp3) is 0. The molecule has 2 aromatic rings. The van der Waals surface area contributed by atoms with E-state index in [4.69, 9.17) is 5.73 Å². The van der Waals surface area contributed by atoms with Gasteiger partial charge in [0.2, 0.25) is 0 Å². The zero-order valence-electron chi connectivity index (χ0n) is 5.84. The van der Waals surface area contributed by atoms with Crippen LogP contribution >= 0.6 is 11.3 Å². The summed E-state index contributed by atoms with van der Waals surface area (Å²) in [6, 6.07) is 2.63. The number of benzene rings is 1. The molecule has 0 atom stereocenters. The summed E-state index contributed by atoms with van der Waals surface area (Å²) in [5.41, 5.74) is 5.68.